The molecule has 0 fully saturated rings. The van der Waals surface area contributed by atoms with Crippen molar-refractivity contribution >= 4 is 29.7 Å². The maximum Gasteiger partial charge on any atom is 0.0942 e. The van der Waals surface area contributed by atoms with Crippen molar-refractivity contribution in [3.05, 3.63) is 66.1 Å². The minimum absolute atomic E-state index is 0.314. The number of aromatic nitrogens is 1. The van der Waals surface area contributed by atoms with Gasteiger partial charge in [-0.2, -0.15) is 0 Å². The van der Waals surface area contributed by atoms with Crippen molar-refractivity contribution in [2.45, 2.75) is 33.5 Å². The second-order valence-corrected chi connectivity index (χ2v) is 12.6. The van der Waals surface area contributed by atoms with E-state index in [0.29, 0.717) is 5.76 Å². The molecule has 0 saturated carbocycles. The SMILES string of the molecule is C/C(O)=C(\C)c1ccc2c(-c3ccccc3)c([Si](C)(C)C)ccc2n1. The standard InChI is InChI=1S/C22H25NOSi/c1-15(16(2)24)19-12-11-18-20(23-19)13-14-21(25(3,4)5)22(18)17-9-7-6-8-10-17/h6-14,24H,1-5H3/b16-15-. The first-order valence-corrected chi connectivity index (χ1v) is 12.2. The van der Waals surface area contributed by atoms with Crippen LogP contribution in [0.2, 0.25) is 19.6 Å². The first-order chi connectivity index (χ1) is 11.8. The fraction of sp³-hybridized carbons (Fsp3) is 0.227. The molecule has 1 aromatic heterocycles. The lowest BCUT2D eigenvalue weighted by Gasteiger charge is -2.23. The Balaban J connectivity index is 2.34. The Hall–Kier alpha value is -2.39. The lowest BCUT2D eigenvalue weighted by Crippen LogP contribution is -2.39. The van der Waals surface area contributed by atoms with Crippen LogP contribution in [0.15, 0.2) is 60.4 Å². The van der Waals surface area contributed by atoms with Gasteiger partial charge in [-0.05, 0) is 37.1 Å². The summed E-state index contributed by atoms with van der Waals surface area (Å²) in [6.45, 7) is 10.7. The Kier molecular flexibility index (Phi) is 4.52. The molecule has 25 heavy (non-hydrogen) atoms. The Labute approximate surface area is 150 Å². The van der Waals surface area contributed by atoms with Crippen molar-refractivity contribution in [1.29, 1.82) is 0 Å². The van der Waals surface area contributed by atoms with Crippen molar-refractivity contribution in [1.82, 2.24) is 4.98 Å². The van der Waals surface area contributed by atoms with Crippen LogP contribution in [-0.2, 0) is 0 Å². The number of pyridine rings is 1. The highest BCUT2D eigenvalue weighted by Gasteiger charge is 2.23. The molecule has 3 aromatic rings. The fourth-order valence-electron chi connectivity index (χ4n) is 3.14. The summed E-state index contributed by atoms with van der Waals surface area (Å²) >= 11 is 0. The zero-order valence-electron chi connectivity index (χ0n) is 15.6. The number of nitrogens with zero attached hydrogens (tertiary/aromatic N) is 1. The first kappa shape index (κ1) is 17.4. The van der Waals surface area contributed by atoms with Crippen molar-refractivity contribution in [2.24, 2.45) is 0 Å². The predicted octanol–water partition coefficient (Wildman–Crippen LogP) is 5.76. The van der Waals surface area contributed by atoms with Crippen LogP contribution in [0.4, 0.5) is 0 Å². The Morgan fingerprint density at radius 3 is 2.16 bits per heavy atom. The maximum absolute atomic E-state index is 9.77. The minimum Gasteiger partial charge on any atom is -0.512 e. The molecule has 0 amide bonds. The van der Waals surface area contributed by atoms with Gasteiger partial charge in [-0.3, -0.25) is 0 Å². The van der Waals surface area contributed by atoms with E-state index in [2.05, 4.69) is 68.2 Å². The third kappa shape index (κ3) is 3.38. The molecule has 1 N–H and O–H groups in total. The van der Waals surface area contributed by atoms with Gasteiger partial charge >= 0.3 is 0 Å². The fourth-order valence-corrected chi connectivity index (χ4v) is 4.75. The van der Waals surface area contributed by atoms with E-state index in [-0.39, 0.29) is 0 Å². The molecule has 0 saturated heterocycles. The summed E-state index contributed by atoms with van der Waals surface area (Å²) in [6.07, 6.45) is 0. The lowest BCUT2D eigenvalue weighted by atomic mass is 9.99. The molecule has 0 aliphatic carbocycles. The Morgan fingerprint density at radius 2 is 1.56 bits per heavy atom. The van der Waals surface area contributed by atoms with Gasteiger partial charge in [-0.1, -0.05) is 67.3 Å². The molecule has 0 unspecified atom stereocenters. The van der Waals surface area contributed by atoms with Gasteiger partial charge in [0.25, 0.3) is 0 Å². The van der Waals surface area contributed by atoms with E-state index in [1.54, 1.807) is 6.92 Å². The monoisotopic (exact) mass is 347 g/mol. The Morgan fingerprint density at radius 1 is 0.880 bits per heavy atom. The summed E-state index contributed by atoms with van der Waals surface area (Å²) in [4.78, 5) is 4.80. The molecule has 0 aliphatic heterocycles. The summed E-state index contributed by atoms with van der Waals surface area (Å²) < 4.78 is 0. The molecule has 2 aromatic carbocycles. The summed E-state index contributed by atoms with van der Waals surface area (Å²) in [7, 11) is -1.51. The molecule has 2 nitrogen and oxygen atoms in total. The highest BCUT2D eigenvalue weighted by Crippen LogP contribution is 2.30. The number of fused-ring (bicyclic) bond motifs is 1. The van der Waals surface area contributed by atoms with Gasteiger partial charge in [0.1, 0.15) is 0 Å². The van der Waals surface area contributed by atoms with Gasteiger partial charge in [0.2, 0.25) is 0 Å². The van der Waals surface area contributed by atoms with Gasteiger partial charge in [-0.15, -0.1) is 0 Å². The average Bonchev–Trinajstić information content (AvgIpc) is 2.59. The predicted molar refractivity (Wildman–Crippen MR) is 111 cm³/mol. The second-order valence-electron chi connectivity index (χ2n) is 7.58. The third-order valence-corrected chi connectivity index (χ3v) is 6.70. The second kappa shape index (κ2) is 6.49. The van der Waals surface area contributed by atoms with Crippen molar-refractivity contribution in [2.75, 3.05) is 0 Å². The average molecular weight is 348 g/mol. The summed E-state index contributed by atoms with van der Waals surface area (Å²) in [5, 5.41) is 12.4. The van der Waals surface area contributed by atoms with Crippen LogP contribution in [0.1, 0.15) is 19.5 Å². The first-order valence-electron chi connectivity index (χ1n) is 8.65. The molecule has 1 heterocycles. The van der Waals surface area contributed by atoms with Gasteiger partial charge in [-0.25, -0.2) is 4.98 Å². The van der Waals surface area contributed by atoms with E-state index < -0.39 is 8.07 Å². The van der Waals surface area contributed by atoms with E-state index in [1.165, 1.54) is 21.7 Å². The molecule has 0 atom stereocenters. The zero-order valence-corrected chi connectivity index (χ0v) is 16.6. The van der Waals surface area contributed by atoms with E-state index in [0.717, 1.165) is 16.8 Å². The van der Waals surface area contributed by atoms with Crippen LogP contribution in [0.5, 0.6) is 0 Å². The summed E-state index contributed by atoms with van der Waals surface area (Å²) in [6, 6.07) is 19.1. The van der Waals surface area contributed by atoms with E-state index in [1.807, 2.05) is 13.0 Å². The lowest BCUT2D eigenvalue weighted by molar-refractivity contribution is 0.416. The number of rotatable bonds is 3. The van der Waals surface area contributed by atoms with Crippen LogP contribution < -0.4 is 5.19 Å². The highest BCUT2D eigenvalue weighted by molar-refractivity contribution is 6.90. The van der Waals surface area contributed by atoms with Crippen LogP contribution in [-0.4, -0.2) is 18.2 Å². The zero-order chi connectivity index (χ0) is 18.2. The van der Waals surface area contributed by atoms with Gasteiger partial charge in [0, 0.05) is 11.0 Å². The number of aliphatic hydroxyl groups excluding tert-OH is 1. The molecular weight excluding hydrogens is 322 g/mol. The molecule has 0 bridgehead atoms. The largest absolute Gasteiger partial charge is 0.512 e. The molecular formula is C22H25NOSi. The molecule has 128 valence electrons. The minimum atomic E-state index is -1.51. The molecule has 3 rings (SSSR count). The molecule has 0 aliphatic rings. The van der Waals surface area contributed by atoms with Crippen LogP contribution >= 0.6 is 0 Å². The van der Waals surface area contributed by atoms with Gasteiger partial charge in [0.15, 0.2) is 0 Å². The summed E-state index contributed by atoms with van der Waals surface area (Å²) in [5.74, 6) is 0.314. The van der Waals surface area contributed by atoms with Gasteiger partial charge in [0.05, 0.1) is 25.0 Å². The third-order valence-electron chi connectivity index (χ3n) is 4.67. The highest BCUT2D eigenvalue weighted by atomic mass is 28.3. The summed E-state index contributed by atoms with van der Waals surface area (Å²) in [5.41, 5.74) is 5.16. The Bertz CT molecular complexity index is 949. The molecule has 0 radical (unpaired) electrons. The van der Waals surface area contributed by atoms with Crippen LogP contribution in [0.25, 0.3) is 27.6 Å². The molecule has 3 heteroatoms. The van der Waals surface area contributed by atoms with Gasteiger partial charge < -0.3 is 5.11 Å². The van der Waals surface area contributed by atoms with E-state index >= 15 is 0 Å². The number of benzene rings is 2. The number of hydrogen-bond acceptors (Lipinski definition) is 2. The number of hydrogen-bond donors (Lipinski definition) is 1. The van der Waals surface area contributed by atoms with E-state index in [9.17, 15) is 5.11 Å². The topological polar surface area (TPSA) is 33.1 Å². The van der Waals surface area contributed by atoms with Crippen LogP contribution in [0, 0.1) is 0 Å². The van der Waals surface area contributed by atoms with Crippen molar-refractivity contribution < 1.29 is 5.11 Å². The van der Waals surface area contributed by atoms with Crippen molar-refractivity contribution in [3.8, 4) is 11.1 Å². The number of aliphatic hydroxyl groups is 1. The van der Waals surface area contributed by atoms with Crippen molar-refractivity contribution in [3.63, 3.8) is 0 Å². The normalized spacial score (nSPS) is 13.0. The quantitative estimate of drug-likeness (QED) is 0.483. The number of allylic oxidation sites excluding steroid dienone is 2. The van der Waals surface area contributed by atoms with Crippen LogP contribution in [0.3, 0.4) is 0 Å². The molecule has 0 spiro atoms. The van der Waals surface area contributed by atoms with E-state index in [4.69, 9.17) is 4.98 Å². The maximum atomic E-state index is 9.77. The smallest absolute Gasteiger partial charge is 0.0942 e.